The van der Waals surface area contributed by atoms with Gasteiger partial charge in [0.15, 0.2) is 0 Å². The van der Waals surface area contributed by atoms with Gasteiger partial charge in [0.25, 0.3) is 5.56 Å². The number of aryl methyl sites for hydroxylation is 1. The van der Waals surface area contributed by atoms with E-state index in [1.54, 1.807) is 22.8 Å². The van der Waals surface area contributed by atoms with E-state index in [0.29, 0.717) is 11.1 Å². The Morgan fingerprint density at radius 1 is 0.966 bits per heavy atom. The smallest absolute Gasteiger partial charge is 0.263 e. The van der Waals surface area contributed by atoms with Gasteiger partial charge in [-0.15, -0.1) is 0 Å². The predicted molar refractivity (Wildman–Crippen MR) is 117 cm³/mol. The van der Waals surface area contributed by atoms with Gasteiger partial charge >= 0.3 is 0 Å². The van der Waals surface area contributed by atoms with Crippen molar-refractivity contribution in [1.82, 2.24) is 4.57 Å². The molecule has 4 aromatic rings. The van der Waals surface area contributed by atoms with Crippen molar-refractivity contribution in [3.05, 3.63) is 94.9 Å². The van der Waals surface area contributed by atoms with Gasteiger partial charge in [-0.05, 0) is 53.3 Å². The Morgan fingerprint density at radius 2 is 1.72 bits per heavy atom. The van der Waals surface area contributed by atoms with Crippen molar-refractivity contribution in [1.29, 1.82) is 0 Å². The number of nitrogens with one attached hydrogen (secondary N) is 1. The minimum Gasteiger partial charge on any atom is -0.755 e. The summed E-state index contributed by atoms with van der Waals surface area (Å²) in [7, 11) is 0. The Hall–Kier alpha value is -3.22. The number of rotatable bonds is 5. The van der Waals surface area contributed by atoms with Crippen LogP contribution >= 0.6 is 0 Å². The number of pyridine rings is 1. The van der Waals surface area contributed by atoms with Gasteiger partial charge in [0.05, 0.1) is 5.39 Å². The average molecular weight is 403 g/mol. The molecule has 0 aliphatic heterocycles. The summed E-state index contributed by atoms with van der Waals surface area (Å²) >= 11 is -2.41. The minimum atomic E-state index is -2.41. The lowest BCUT2D eigenvalue weighted by molar-refractivity contribution is 0.542. The van der Waals surface area contributed by atoms with Crippen molar-refractivity contribution < 1.29 is 8.76 Å². The van der Waals surface area contributed by atoms with E-state index in [9.17, 15) is 13.6 Å². The van der Waals surface area contributed by atoms with Crippen LogP contribution in [0.25, 0.3) is 27.6 Å². The number of hydrogen-bond donors (Lipinski definition) is 1. The Kier molecular flexibility index (Phi) is 5.29. The Balaban J connectivity index is 2.00. The number of aromatic nitrogens is 1. The molecule has 0 saturated carbocycles. The second-order valence-electron chi connectivity index (χ2n) is 6.65. The minimum absolute atomic E-state index is 0.0908. The molecule has 0 aliphatic rings. The van der Waals surface area contributed by atoms with Crippen molar-refractivity contribution in [3.63, 3.8) is 0 Å². The van der Waals surface area contributed by atoms with E-state index in [1.165, 1.54) is 0 Å². The topological polar surface area (TPSA) is 74.2 Å². The predicted octanol–water partition coefficient (Wildman–Crippen LogP) is 4.43. The highest BCUT2D eigenvalue weighted by atomic mass is 32.2. The van der Waals surface area contributed by atoms with Crippen molar-refractivity contribution in [3.8, 4) is 16.8 Å². The second-order valence-corrected chi connectivity index (χ2v) is 7.33. The van der Waals surface area contributed by atoms with Crippen molar-refractivity contribution in [2.24, 2.45) is 0 Å². The quantitative estimate of drug-likeness (QED) is 0.501. The van der Waals surface area contributed by atoms with E-state index in [1.807, 2.05) is 67.6 Å². The molecule has 1 unspecified atom stereocenters. The van der Waals surface area contributed by atoms with E-state index in [2.05, 4.69) is 4.72 Å². The molecule has 1 heterocycles. The van der Waals surface area contributed by atoms with Crippen LogP contribution < -0.4 is 10.3 Å². The maximum absolute atomic E-state index is 13.6. The van der Waals surface area contributed by atoms with Crippen LogP contribution in [0.5, 0.6) is 0 Å². The lowest BCUT2D eigenvalue weighted by Crippen LogP contribution is -2.22. The summed E-state index contributed by atoms with van der Waals surface area (Å²) in [6, 6.07) is 24.4. The van der Waals surface area contributed by atoms with Crippen LogP contribution in [0.15, 0.2) is 83.7 Å². The van der Waals surface area contributed by atoms with Crippen molar-refractivity contribution in [2.45, 2.75) is 13.3 Å². The normalized spacial score (nSPS) is 12.1. The third-order valence-corrected chi connectivity index (χ3v) is 5.28. The third kappa shape index (κ3) is 3.72. The average Bonchev–Trinajstić information content (AvgIpc) is 2.73. The summed E-state index contributed by atoms with van der Waals surface area (Å²) in [6.07, 6.45) is 0.721. The first-order valence-corrected chi connectivity index (χ1v) is 10.4. The summed E-state index contributed by atoms with van der Waals surface area (Å²) in [5.41, 5.74) is 3.65. The molecule has 0 bridgehead atoms. The molecule has 1 atom stereocenters. The molecule has 29 heavy (non-hydrogen) atoms. The number of fused-ring (bicyclic) bond motifs is 1. The van der Waals surface area contributed by atoms with Gasteiger partial charge in [-0.25, -0.2) is 0 Å². The van der Waals surface area contributed by atoms with Gasteiger partial charge < -0.3 is 9.27 Å². The largest absolute Gasteiger partial charge is 0.755 e. The summed E-state index contributed by atoms with van der Waals surface area (Å²) in [5.74, 6) is 0. The molecular weight excluding hydrogens is 384 g/mol. The van der Waals surface area contributed by atoms with E-state index in [4.69, 9.17) is 0 Å². The fourth-order valence-electron chi connectivity index (χ4n) is 3.62. The van der Waals surface area contributed by atoms with Gasteiger partial charge in [-0.2, -0.15) is 0 Å². The zero-order valence-corrected chi connectivity index (χ0v) is 16.6. The van der Waals surface area contributed by atoms with Crippen LogP contribution in [0.4, 0.5) is 5.69 Å². The van der Waals surface area contributed by atoms with Gasteiger partial charge in [0.2, 0.25) is 0 Å². The molecule has 5 nitrogen and oxygen atoms in total. The van der Waals surface area contributed by atoms with Crippen LogP contribution in [0.2, 0.25) is 0 Å². The molecule has 3 aromatic carbocycles. The van der Waals surface area contributed by atoms with Gasteiger partial charge in [0.1, 0.15) is 0 Å². The fourth-order valence-corrected chi connectivity index (χ4v) is 3.94. The first-order chi connectivity index (χ1) is 14.1. The summed E-state index contributed by atoms with van der Waals surface area (Å²) in [4.78, 5) is 13.6. The number of anilines is 1. The molecule has 0 spiro atoms. The number of nitrogens with zero attached hydrogens (tertiary/aromatic N) is 1. The molecular formula is C23H19N2O3S-. The molecule has 146 valence electrons. The zero-order valence-electron chi connectivity index (χ0n) is 15.8. The zero-order chi connectivity index (χ0) is 20.4. The maximum atomic E-state index is 13.6. The lowest BCUT2D eigenvalue weighted by Gasteiger charge is -2.16. The molecule has 0 fully saturated rings. The SMILES string of the molecule is CCc1cc2cccc(-c3cccc(NS(=O)[O-])c3)c2c(=O)n1-c1ccccc1. The van der Waals surface area contributed by atoms with Crippen molar-refractivity contribution in [2.75, 3.05) is 4.72 Å². The van der Waals surface area contributed by atoms with Crippen LogP contribution in [0.3, 0.4) is 0 Å². The van der Waals surface area contributed by atoms with Crippen LogP contribution in [-0.2, 0) is 17.7 Å². The fraction of sp³-hybridized carbons (Fsp3) is 0.0870. The Labute approximate surface area is 171 Å². The second kappa shape index (κ2) is 8.03. The monoisotopic (exact) mass is 403 g/mol. The number of hydrogen-bond acceptors (Lipinski definition) is 3. The first-order valence-electron chi connectivity index (χ1n) is 9.28. The highest BCUT2D eigenvalue weighted by Gasteiger charge is 2.14. The highest BCUT2D eigenvalue weighted by molar-refractivity contribution is 7.80. The van der Waals surface area contributed by atoms with E-state index < -0.39 is 11.3 Å². The van der Waals surface area contributed by atoms with E-state index in [-0.39, 0.29) is 5.56 Å². The molecule has 0 radical (unpaired) electrons. The number of para-hydroxylation sites is 1. The summed E-state index contributed by atoms with van der Waals surface area (Å²) < 4.78 is 26.1. The van der Waals surface area contributed by atoms with Crippen molar-refractivity contribution >= 4 is 27.7 Å². The van der Waals surface area contributed by atoms with Crippen LogP contribution in [-0.4, -0.2) is 13.3 Å². The maximum Gasteiger partial charge on any atom is 0.263 e. The van der Waals surface area contributed by atoms with Crippen LogP contribution in [0.1, 0.15) is 12.6 Å². The molecule has 0 aliphatic carbocycles. The number of benzene rings is 3. The van der Waals surface area contributed by atoms with Gasteiger partial charge in [-0.1, -0.05) is 55.5 Å². The lowest BCUT2D eigenvalue weighted by atomic mass is 9.98. The van der Waals surface area contributed by atoms with Gasteiger partial charge in [0, 0.05) is 28.3 Å². The molecule has 4 rings (SSSR count). The molecule has 1 N–H and O–H groups in total. The summed E-state index contributed by atoms with van der Waals surface area (Å²) in [5, 5.41) is 1.47. The Bertz CT molecular complexity index is 1270. The van der Waals surface area contributed by atoms with E-state index >= 15 is 0 Å². The molecule has 0 amide bonds. The first kappa shape index (κ1) is 19.1. The third-order valence-electron chi connectivity index (χ3n) is 4.87. The van der Waals surface area contributed by atoms with Gasteiger partial charge in [-0.3, -0.25) is 13.6 Å². The molecule has 6 heteroatoms. The van der Waals surface area contributed by atoms with E-state index in [0.717, 1.165) is 34.3 Å². The highest BCUT2D eigenvalue weighted by Crippen LogP contribution is 2.29. The summed E-state index contributed by atoms with van der Waals surface area (Å²) in [6.45, 7) is 2.03. The standard InChI is InChI=1S/C23H20N2O3S/c1-2-19-15-17-9-7-13-21(16-8-6-10-18(14-16)24-29(27)28)22(17)23(26)25(19)20-11-4-3-5-12-20/h3-15,24H,2H2,1H3,(H,27,28)/p-1. The van der Waals surface area contributed by atoms with Crippen LogP contribution in [0, 0.1) is 0 Å². The Morgan fingerprint density at radius 3 is 2.45 bits per heavy atom. The molecule has 0 saturated heterocycles. The molecule has 1 aromatic heterocycles.